The topological polar surface area (TPSA) is 72.2 Å². The van der Waals surface area contributed by atoms with Gasteiger partial charge in [0.1, 0.15) is 0 Å². The van der Waals surface area contributed by atoms with E-state index in [4.69, 9.17) is 5.14 Å². The van der Waals surface area contributed by atoms with Crippen LogP contribution in [0.15, 0.2) is 45.0 Å². The molecule has 0 atom stereocenters. The molecule has 0 saturated heterocycles. The average Bonchev–Trinajstić information content (AvgIpc) is 2.35. The molecular weight excluding hydrogens is 292 g/mol. The van der Waals surface area contributed by atoms with E-state index in [2.05, 4.69) is 5.32 Å². The van der Waals surface area contributed by atoms with Crippen LogP contribution in [0.4, 0.5) is 11.4 Å². The SMILES string of the molecule is Cc1cc2c(c(C)c1S(N)(=O)=O)Nc1ccccc1S2. The molecular formula is C14H14N2O2S2. The lowest BCUT2D eigenvalue weighted by atomic mass is 10.1. The Labute approximate surface area is 122 Å². The zero-order valence-corrected chi connectivity index (χ0v) is 12.7. The number of primary sulfonamides is 1. The number of anilines is 2. The van der Waals surface area contributed by atoms with Gasteiger partial charge >= 0.3 is 0 Å². The number of nitrogens with two attached hydrogens (primary N) is 1. The maximum absolute atomic E-state index is 11.7. The molecule has 0 fully saturated rings. The quantitative estimate of drug-likeness (QED) is 0.724. The summed E-state index contributed by atoms with van der Waals surface area (Å²) in [6.07, 6.45) is 0. The number of hydrogen-bond acceptors (Lipinski definition) is 4. The van der Waals surface area contributed by atoms with Gasteiger partial charge in [-0.15, -0.1) is 0 Å². The summed E-state index contributed by atoms with van der Waals surface area (Å²) in [5.41, 5.74) is 3.16. The molecule has 3 N–H and O–H groups in total. The minimum atomic E-state index is -3.72. The van der Waals surface area contributed by atoms with Gasteiger partial charge in [0.05, 0.1) is 16.3 Å². The van der Waals surface area contributed by atoms with Crippen LogP contribution in [0.3, 0.4) is 0 Å². The second-order valence-corrected chi connectivity index (χ2v) is 7.37. The number of para-hydroxylation sites is 1. The monoisotopic (exact) mass is 306 g/mol. The van der Waals surface area contributed by atoms with Gasteiger partial charge < -0.3 is 5.32 Å². The summed E-state index contributed by atoms with van der Waals surface area (Å²) in [4.78, 5) is 2.36. The van der Waals surface area contributed by atoms with Crippen molar-refractivity contribution in [3.8, 4) is 0 Å². The van der Waals surface area contributed by atoms with E-state index in [-0.39, 0.29) is 4.90 Å². The van der Waals surface area contributed by atoms with E-state index >= 15 is 0 Å². The molecule has 0 bridgehead atoms. The summed E-state index contributed by atoms with van der Waals surface area (Å²) in [6.45, 7) is 3.56. The smallest absolute Gasteiger partial charge is 0.238 e. The van der Waals surface area contributed by atoms with Crippen LogP contribution in [0.5, 0.6) is 0 Å². The third-order valence-corrected chi connectivity index (χ3v) is 5.63. The number of fused-ring (bicyclic) bond motifs is 2. The van der Waals surface area contributed by atoms with Gasteiger partial charge in [-0.05, 0) is 43.2 Å². The summed E-state index contributed by atoms with van der Waals surface area (Å²) in [6, 6.07) is 9.81. The second-order valence-electron chi connectivity index (χ2n) is 4.79. The summed E-state index contributed by atoms with van der Waals surface area (Å²) in [5.74, 6) is 0. The molecule has 1 heterocycles. The highest BCUT2D eigenvalue weighted by atomic mass is 32.2. The highest BCUT2D eigenvalue weighted by molar-refractivity contribution is 7.99. The van der Waals surface area contributed by atoms with Crippen LogP contribution in [0.25, 0.3) is 0 Å². The molecule has 0 radical (unpaired) electrons. The number of hydrogen-bond donors (Lipinski definition) is 2. The predicted molar refractivity (Wildman–Crippen MR) is 81.1 cm³/mol. The predicted octanol–water partition coefficient (Wildman–Crippen LogP) is 3.16. The van der Waals surface area contributed by atoms with Crippen molar-refractivity contribution in [2.45, 2.75) is 28.5 Å². The molecule has 4 nitrogen and oxygen atoms in total. The zero-order valence-electron chi connectivity index (χ0n) is 11.1. The molecule has 0 unspecified atom stereocenters. The van der Waals surface area contributed by atoms with E-state index in [0.717, 1.165) is 21.2 Å². The van der Waals surface area contributed by atoms with E-state index in [9.17, 15) is 8.42 Å². The Bertz CT molecular complexity index is 814. The molecule has 1 aliphatic rings. The van der Waals surface area contributed by atoms with Gasteiger partial charge in [0.15, 0.2) is 0 Å². The highest BCUT2D eigenvalue weighted by Crippen LogP contribution is 2.47. The molecule has 6 heteroatoms. The van der Waals surface area contributed by atoms with Gasteiger partial charge in [-0.3, -0.25) is 0 Å². The van der Waals surface area contributed by atoms with Crippen molar-refractivity contribution in [1.29, 1.82) is 0 Å². The lowest BCUT2D eigenvalue weighted by Gasteiger charge is -2.24. The van der Waals surface area contributed by atoms with Crippen LogP contribution in [0.2, 0.25) is 0 Å². The first-order valence-corrected chi connectivity index (χ1v) is 8.45. The van der Waals surface area contributed by atoms with E-state index in [1.807, 2.05) is 30.3 Å². The van der Waals surface area contributed by atoms with Crippen LogP contribution < -0.4 is 10.5 Å². The Kier molecular flexibility index (Phi) is 3.04. The summed E-state index contributed by atoms with van der Waals surface area (Å²) < 4.78 is 23.5. The zero-order chi connectivity index (χ0) is 14.5. The maximum Gasteiger partial charge on any atom is 0.238 e. The van der Waals surface area contributed by atoms with Crippen molar-refractivity contribution < 1.29 is 8.42 Å². The van der Waals surface area contributed by atoms with Crippen molar-refractivity contribution in [3.05, 3.63) is 41.5 Å². The lowest BCUT2D eigenvalue weighted by Crippen LogP contribution is -2.17. The maximum atomic E-state index is 11.7. The number of rotatable bonds is 1. The molecule has 104 valence electrons. The molecule has 0 aliphatic carbocycles. The summed E-state index contributed by atoms with van der Waals surface area (Å²) in [5, 5.41) is 8.63. The number of aryl methyl sites for hydroxylation is 1. The Balaban J connectivity index is 2.24. The molecule has 2 aromatic carbocycles. The van der Waals surface area contributed by atoms with Gasteiger partial charge in [-0.2, -0.15) is 0 Å². The lowest BCUT2D eigenvalue weighted by molar-refractivity contribution is 0.596. The first-order chi connectivity index (χ1) is 9.38. The number of benzene rings is 2. The van der Waals surface area contributed by atoms with Crippen molar-refractivity contribution in [2.75, 3.05) is 5.32 Å². The van der Waals surface area contributed by atoms with E-state index in [1.165, 1.54) is 0 Å². The van der Waals surface area contributed by atoms with Gasteiger partial charge in [0.25, 0.3) is 0 Å². The molecule has 0 amide bonds. The van der Waals surface area contributed by atoms with Gasteiger partial charge in [0.2, 0.25) is 10.0 Å². The van der Waals surface area contributed by atoms with Gasteiger partial charge in [-0.1, -0.05) is 23.9 Å². The standard InChI is InChI=1S/C14H14N2O2S2/c1-8-7-12-13(9(2)14(8)20(15,17)18)16-10-5-3-4-6-11(10)19-12/h3-7,16H,1-2H3,(H2,15,17,18). The number of nitrogens with one attached hydrogen (secondary N) is 1. The summed E-state index contributed by atoms with van der Waals surface area (Å²) >= 11 is 1.63. The Morgan fingerprint density at radius 2 is 1.85 bits per heavy atom. The fraction of sp³-hybridized carbons (Fsp3) is 0.143. The molecule has 3 rings (SSSR count). The third kappa shape index (κ3) is 2.09. The molecule has 0 spiro atoms. The Morgan fingerprint density at radius 3 is 2.55 bits per heavy atom. The van der Waals surface area contributed by atoms with Crippen molar-refractivity contribution in [2.24, 2.45) is 5.14 Å². The average molecular weight is 306 g/mol. The Hall–Kier alpha value is -1.50. The van der Waals surface area contributed by atoms with Crippen molar-refractivity contribution >= 4 is 33.2 Å². The number of sulfonamides is 1. The molecule has 20 heavy (non-hydrogen) atoms. The minimum Gasteiger partial charge on any atom is -0.353 e. The van der Waals surface area contributed by atoms with Crippen LogP contribution in [0, 0.1) is 13.8 Å². The van der Waals surface area contributed by atoms with Crippen molar-refractivity contribution in [1.82, 2.24) is 0 Å². The van der Waals surface area contributed by atoms with Crippen LogP contribution in [-0.4, -0.2) is 8.42 Å². The molecule has 0 aromatic heterocycles. The van der Waals surface area contributed by atoms with Gasteiger partial charge in [0, 0.05) is 9.79 Å². The molecule has 2 aromatic rings. The van der Waals surface area contributed by atoms with Gasteiger partial charge in [-0.25, -0.2) is 13.6 Å². The largest absolute Gasteiger partial charge is 0.353 e. The third-order valence-electron chi connectivity index (χ3n) is 3.32. The highest BCUT2D eigenvalue weighted by Gasteiger charge is 2.24. The first-order valence-electron chi connectivity index (χ1n) is 6.09. The van der Waals surface area contributed by atoms with E-state index in [1.54, 1.807) is 25.6 Å². The fourth-order valence-electron chi connectivity index (χ4n) is 2.51. The minimum absolute atomic E-state index is 0.212. The second kappa shape index (κ2) is 4.51. The Morgan fingerprint density at radius 1 is 1.15 bits per heavy atom. The summed E-state index contributed by atoms with van der Waals surface area (Å²) in [7, 11) is -3.72. The molecule has 0 saturated carbocycles. The first kappa shape index (κ1) is 13.5. The van der Waals surface area contributed by atoms with E-state index in [0.29, 0.717) is 11.1 Å². The van der Waals surface area contributed by atoms with Crippen LogP contribution in [0.1, 0.15) is 11.1 Å². The van der Waals surface area contributed by atoms with Crippen LogP contribution in [-0.2, 0) is 10.0 Å². The van der Waals surface area contributed by atoms with Crippen molar-refractivity contribution in [3.63, 3.8) is 0 Å². The van der Waals surface area contributed by atoms with E-state index < -0.39 is 10.0 Å². The molecule has 1 aliphatic heterocycles. The normalized spacial score (nSPS) is 13.3. The fourth-order valence-corrected chi connectivity index (χ4v) is 4.71. The van der Waals surface area contributed by atoms with Crippen LogP contribution >= 0.6 is 11.8 Å².